The number of hydrogen-bond acceptors (Lipinski definition) is 3. The van der Waals surface area contributed by atoms with Gasteiger partial charge >= 0.3 is 0 Å². The van der Waals surface area contributed by atoms with Crippen molar-refractivity contribution in [1.29, 1.82) is 0 Å². The van der Waals surface area contributed by atoms with Crippen LogP contribution in [-0.4, -0.2) is 10.5 Å². The lowest BCUT2D eigenvalue weighted by Crippen LogP contribution is -2.21. The summed E-state index contributed by atoms with van der Waals surface area (Å²) in [5.74, 6) is -0.165. The molecule has 0 fully saturated rings. The molecule has 0 aliphatic carbocycles. The molecule has 0 saturated carbocycles. The summed E-state index contributed by atoms with van der Waals surface area (Å²) >= 11 is 1.56. The van der Waals surface area contributed by atoms with Crippen LogP contribution in [0, 0.1) is 6.92 Å². The number of hydrogen-bond donors (Lipinski definition) is 1. The first-order valence-corrected chi connectivity index (χ1v) is 6.43. The zero-order chi connectivity index (χ0) is 13.1. The predicted molar refractivity (Wildman–Crippen MR) is 72.8 cm³/mol. The number of benzene rings is 1. The molecular weight excluding hydrogens is 246 g/mol. The Morgan fingerprint density at radius 2 is 2.00 bits per heavy atom. The molecule has 1 heterocycles. The van der Waals surface area contributed by atoms with E-state index in [0.29, 0.717) is 0 Å². The largest absolute Gasteiger partial charge is 0.322 e. The minimum Gasteiger partial charge on any atom is -0.322 e. The summed E-state index contributed by atoms with van der Waals surface area (Å²) in [6.45, 7) is 3.49. The van der Waals surface area contributed by atoms with Crippen LogP contribution in [0.1, 0.15) is 12.6 Å². The van der Waals surface area contributed by atoms with E-state index in [1.165, 1.54) is 17.4 Å². The Labute approximate surface area is 110 Å². The third-order valence-corrected chi connectivity index (χ3v) is 3.94. The fourth-order valence-electron chi connectivity index (χ4n) is 1.61. The Morgan fingerprint density at radius 3 is 2.61 bits per heavy atom. The van der Waals surface area contributed by atoms with E-state index in [9.17, 15) is 4.79 Å². The van der Waals surface area contributed by atoms with Crippen molar-refractivity contribution in [2.45, 2.75) is 13.8 Å². The number of carbonyl (C=O) groups excluding carboxylic acids is 1. The number of rotatable bonds is 2. The Kier molecular flexibility index (Phi) is 3.62. The van der Waals surface area contributed by atoms with Gasteiger partial charge in [0, 0.05) is 19.7 Å². The molecule has 0 atom stereocenters. The SMILES string of the molecule is CC(=O)NN=c1sc(-c2ccccc2)c(C)n1C. The molecule has 94 valence electrons. The van der Waals surface area contributed by atoms with Crippen LogP contribution < -0.4 is 10.2 Å². The Hall–Kier alpha value is -1.88. The highest BCUT2D eigenvalue weighted by atomic mass is 32.1. The molecule has 0 saturated heterocycles. The van der Waals surface area contributed by atoms with E-state index in [2.05, 4.69) is 22.7 Å². The van der Waals surface area contributed by atoms with E-state index in [0.717, 1.165) is 10.5 Å². The molecule has 0 radical (unpaired) electrons. The summed E-state index contributed by atoms with van der Waals surface area (Å²) in [6, 6.07) is 10.2. The van der Waals surface area contributed by atoms with Gasteiger partial charge in [0.25, 0.3) is 0 Å². The predicted octanol–water partition coefficient (Wildman–Crippen LogP) is 2.01. The summed E-state index contributed by atoms with van der Waals surface area (Å²) < 4.78 is 1.98. The first kappa shape index (κ1) is 12.6. The van der Waals surface area contributed by atoms with Crippen molar-refractivity contribution < 1.29 is 4.79 Å². The van der Waals surface area contributed by atoms with Gasteiger partial charge in [-0.25, -0.2) is 5.43 Å². The number of amides is 1. The van der Waals surface area contributed by atoms with Crippen molar-refractivity contribution in [3.8, 4) is 10.4 Å². The number of thiazole rings is 1. The average molecular weight is 261 g/mol. The summed E-state index contributed by atoms with van der Waals surface area (Å²) in [6.07, 6.45) is 0. The van der Waals surface area contributed by atoms with E-state index < -0.39 is 0 Å². The second-order valence-electron chi connectivity index (χ2n) is 4.00. The van der Waals surface area contributed by atoms with Crippen LogP contribution in [0.5, 0.6) is 0 Å². The van der Waals surface area contributed by atoms with Gasteiger partial charge in [-0.15, -0.1) is 5.10 Å². The summed E-state index contributed by atoms with van der Waals surface area (Å²) in [4.78, 5) is 12.8. The summed E-state index contributed by atoms with van der Waals surface area (Å²) in [5.41, 5.74) is 4.77. The molecule has 0 aliphatic rings. The van der Waals surface area contributed by atoms with Crippen LogP contribution >= 0.6 is 11.3 Å². The van der Waals surface area contributed by atoms with Crippen molar-refractivity contribution in [1.82, 2.24) is 9.99 Å². The van der Waals surface area contributed by atoms with Crippen molar-refractivity contribution in [3.63, 3.8) is 0 Å². The van der Waals surface area contributed by atoms with Gasteiger partial charge in [0.15, 0.2) is 0 Å². The third kappa shape index (κ3) is 2.51. The molecule has 4 nitrogen and oxygen atoms in total. The van der Waals surface area contributed by atoms with Crippen molar-refractivity contribution in [2.24, 2.45) is 12.1 Å². The maximum Gasteiger partial charge on any atom is 0.237 e. The number of carbonyl (C=O) groups is 1. The van der Waals surface area contributed by atoms with Crippen LogP contribution in [0.4, 0.5) is 0 Å². The monoisotopic (exact) mass is 261 g/mol. The number of nitrogens with zero attached hydrogens (tertiary/aromatic N) is 2. The quantitative estimate of drug-likeness (QED) is 0.826. The minimum absolute atomic E-state index is 0.165. The second-order valence-corrected chi connectivity index (χ2v) is 4.98. The highest BCUT2D eigenvalue weighted by Crippen LogP contribution is 2.25. The van der Waals surface area contributed by atoms with Crippen LogP contribution in [0.3, 0.4) is 0 Å². The lowest BCUT2D eigenvalue weighted by molar-refractivity contribution is -0.119. The number of aromatic nitrogens is 1. The molecule has 2 rings (SSSR count). The van der Waals surface area contributed by atoms with E-state index in [1.807, 2.05) is 36.7 Å². The maximum absolute atomic E-state index is 10.9. The highest BCUT2D eigenvalue weighted by Gasteiger charge is 2.08. The molecular formula is C13H15N3OS. The zero-order valence-electron chi connectivity index (χ0n) is 10.6. The lowest BCUT2D eigenvalue weighted by atomic mass is 10.2. The number of nitrogens with one attached hydrogen (secondary N) is 1. The zero-order valence-corrected chi connectivity index (χ0v) is 11.4. The molecule has 1 aromatic heterocycles. The van der Waals surface area contributed by atoms with Crippen LogP contribution in [-0.2, 0) is 11.8 Å². The third-order valence-electron chi connectivity index (χ3n) is 2.66. The fourth-order valence-corrected chi connectivity index (χ4v) is 2.70. The highest BCUT2D eigenvalue weighted by molar-refractivity contribution is 7.13. The van der Waals surface area contributed by atoms with Gasteiger partial charge in [-0.2, -0.15) is 0 Å². The van der Waals surface area contributed by atoms with Gasteiger partial charge in [0.05, 0.1) is 4.88 Å². The fraction of sp³-hybridized carbons (Fsp3) is 0.231. The average Bonchev–Trinajstić information content (AvgIpc) is 2.65. The van der Waals surface area contributed by atoms with Crippen molar-refractivity contribution in [2.75, 3.05) is 0 Å². The summed E-state index contributed by atoms with van der Waals surface area (Å²) in [5, 5.41) is 4.09. The molecule has 1 aromatic carbocycles. The Morgan fingerprint density at radius 1 is 1.33 bits per heavy atom. The van der Waals surface area contributed by atoms with E-state index in [-0.39, 0.29) is 5.91 Å². The second kappa shape index (κ2) is 5.18. The molecule has 0 aliphatic heterocycles. The van der Waals surface area contributed by atoms with Gasteiger partial charge in [-0.3, -0.25) is 4.79 Å². The normalized spacial score (nSPS) is 11.6. The smallest absolute Gasteiger partial charge is 0.237 e. The molecule has 0 unspecified atom stereocenters. The summed E-state index contributed by atoms with van der Waals surface area (Å²) in [7, 11) is 1.94. The minimum atomic E-state index is -0.165. The maximum atomic E-state index is 10.9. The topological polar surface area (TPSA) is 46.4 Å². The molecule has 5 heteroatoms. The van der Waals surface area contributed by atoms with Gasteiger partial charge in [0.2, 0.25) is 10.7 Å². The molecule has 0 bridgehead atoms. The molecule has 0 spiro atoms. The van der Waals surface area contributed by atoms with Crippen molar-refractivity contribution in [3.05, 3.63) is 40.8 Å². The molecule has 18 heavy (non-hydrogen) atoms. The molecule has 1 N–H and O–H groups in total. The van der Waals surface area contributed by atoms with Gasteiger partial charge < -0.3 is 4.57 Å². The van der Waals surface area contributed by atoms with Crippen molar-refractivity contribution >= 4 is 17.2 Å². The van der Waals surface area contributed by atoms with Gasteiger partial charge in [0.1, 0.15) is 0 Å². The Bertz CT molecular complexity index is 625. The van der Waals surface area contributed by atoms with Crippen LogP contribution in [0.15, 0.2) is 35.4 Å². The van der Waals surface area contributed by atoms with Crippen LogP contribution in [0.25, 0.3) is 10.4 Å². The van der Waals surface area contributed by atoms with Crippen LogP contribution in [0.2, 0.25) is 0 Å². The van der Waals surface area contributed by atoms with E-state index in [4.69, 9.17) is 0 Å². The van der Waals surface area contributed by atoms with Gasteiger partial charge in [-0.1, -0.05) is 41.7 Å². The van der Waals surface area contributed by atoms with E-state index >= 15 is 0 Å². The van der Waals surface area contributed by atoms with Gasteiger partial charge in [-0.05, 0) is 12.5 Å². The Balaban J connectivity index is 2.49. The van der Waals surface area contributed by atoms with E-state index in [1.54, 1.807) is 11.3 Å². The molecule has 1 amide bonds. The molecule has 2 aromatic rings. The lowest BCUT2D eigenvalue weighted by Gasteiger charge is -1.99. The first-order chi connectivity index (χ1) is 8.59. The standard InChI is InChI=1S/C13H15N3OS/c1-9-12(11-7-5-4-6-8-11)18-13(16(9)3)15-14-10(2)17/h4-8H,1-3H3,(H,14,17). The first-order valence-electron chi connectivity index (χ1n) is 5.61.